The van der Waals surface area contributed by atoms with Gasteiger partial charge in [-0.1, -0.05) is 11.6 Å². The molecule has 0 saturated heterocycles. The van der Waals surface area contributed by atoms with Crippen molar-refractivity contribution in [1.29, 1.82) is 5.26 Å². The van der Waals surface area contributed by atoms with Crippen molar-refractivity contribution in [3.05, 3.63) is 35.5 Å². The van der Waals surface area contributed by atoms with E-state index in [1.807, 2.05) is 6.07 Å². The monoisotopic (exact) mass is 386 g/mol. The number of ketones is 1. The van der Waals surface area contributed by atoms with Crippen LogP contribution in [0.1, 0.15) is 26.2 Å². The van der Waals surface area contributed by atoms with Crippen LogP contribution in [-0.2, 0) is 4.79 Å². The fourth-order valence-corrected chi connectivity index (χ4v) is 2.76. The number of rotatable bonds is 7. The Labute approximate surface area is 159 Å². The van der Waals surface area contributed by atoms with Gasteiger partial charge in [-0.05, 0) is 19.4 Å². The maximum atomic E-state index is 14.1. The number of fused-ring (bicyclic) bond motifs is 1. The lowest BCUT2D eigenvalue weighted by Gasteiger charge is -2.14. The van der Waals surface area contributed by atoms with E-state index in [4.69, 9.17) is 16.9 Å². The molecule has 0 bridgehead atoms. The zero-order valence-corrected chi connectivity index (χ0v) is 15.2. The second-order valence-corrected chi connectivity index (χ2v) is 6.42. The summed E-state index contributed by atoms with van der Waals surface area (Å²) in [6.45, 7) is 1.63. The number of anilines is 1. The fourth-order valence-electron chi connectivity index (χ4n) is 2.60. The number of hydrogen-bond donors (Lipinski definition) is 2. The SMILES string of the molecule is C[C@H](Nc1nc(-c2c[nH]c3ncc(Cl)cc23)ncc1F)C(=O)CCCC#N. The van der Waals surface area contributed by atoms with Crippen LogP contribution >= 0.6 is 11.6 Å². The lowest BCUT2D eigenvalue weighted by Crippen LogP contribution is -2.27. The molecule has 7 nitrogen and oxygen atoms in total. The molecule has 3 aromatic rings. The lowest BCUT2D eigenvalue weighted by molar-refractivity contribution is -0.119. The van der Waals surface area contributed by atoms with Crippen molar-refractivity contribution in [3.8, 4) is 17.5 Å². The molecule has 0 saturated carbocycles. The quantitative estimate of drug-likeness (QED) is 0.597. The van der Waals surface area contributed by atoms with E-state index in [9.17, 15) is 9.18 Å². The standard InChI is InChI=1S/C18H16ClFN6O/c1-10(15(27)4-2-3-5-21)25-18-14(20)9-24-17(26-18)13-8-23-16-12(13)6-11(19)7-22-16/h6-10H,2-4H2,1H3,(H,22,23)(H,24,25,26)/t10-/m0/s1. The molecule has 1 atom stereocenters. The van der Waals surface area contributed by atoms with Crippen molar-refractivity contribution < 1.29 is 9.18 Å². The van der Waals surface area contributed by atoms with Gasteiger partial charge in [0.25, 0.3) is 0 Å². The van der Waals surface area contributed by atoms with Gasteiger partial charge in [-0.2, -0.15) is 5.26 Å². The van der Waals surface area contributed by atoms with Crippen LogP contribution in [0.5, 0.6) is 0 Å². The largest absolute Gasteiger partial charge is 0.358 e. The third-order valence-corrected chi connectivity index (χ3v) is 4.24. The molecule has 27 heavy (non-hydrogen) atoms. The van der Waals surface area contributed by atoms with Crippen molar-refractivity contribution in [1.82, 2.24) is 19.9 Å². The van der Waals surface area contributed by atoms with Gasteiger partial charge in [0.1, 0.15) is 5.65 Å². The number of nitriles is 1. The van der Waals surface area contributed by atoms with Gasteiger partial charge >= 0.3 is 0 Å². The van der Waals surface area contributed by atoms with Crippen LogP contribution in [0.15, 0.2) is 24.7 Å². The van der Waals surface area contributed by atoms with Crippen LogP contribution in [-0.4, -0.2) is 31.8 Å². The first-order chi connectivity index (χ1) is 13.0. The third kappa shape index (κ3) is 4.20. The molecule has 3 heterocycles. The van der Waals surface area contributed by atoms with Gasteiger partial charge in [-0.3, -0.25) is 4.79 Å². The second kappa shape index (κ2) is 8.10. The number of nitrogens with one attached hydrogen (secondary N) is 2. The molecule has 0 radical (unpaired) electrons. The highest BCUT2D eigenvalue weighted by Gasteiger charge is 2.18. The van der Waals surface area contributed by atoms with Crippen LogP contribution in [0.4, 0.5) is 10.2 Å². The Balaban J connectivity index is 1.85. The zero-order valence-electron chi connectivity index (χ0n) is 14.5. The Kier molecular flexibility index (Phi) is 5.62. The Morgan fingerprint density at radius 1 is 1.44 bits per heavy atom. The van der Waals surface area contributed by atoms with Gasteiger partial charge in [0.2, 0.25) is 0 Å². The maximum absolute atomic E-state index is 14.1. The number of aromatic nitrogens is 4. The number of carbonyl (C=O) groups excluding carboxylic acids is 1. The Morgan fingerprint density at radius 2 is 2.26 bits per heavy atom. The van der Waals surface area contributed by atoms with E-state index in [1.165, 1.54) is 6.20 Å². The van der Waals surface area contributed by atoms with Gasteiger partial charge < -0.3 is 10.3 Å². The van der Waals surface area contributed by atoms with Gasteiger partial charge in [0.05, 0.1) is 23.3 Å². The minimum Gasteiger partial charge on any atom is -0.358 e. The van der Waals surface area contributed by atoms with Crippen molar-refractivity contribution in [3.63, 3.8) is 0 Å². The van der Waals surface area contributed by atoms with Crippen molar-refractivity contribution in [2.45, 2.75) is 32.2 Å². The average molecular weight is 387 g/mol. The van der Waals surface area contributed by atoms with Crippen LogP contribution in [0.3, 0.4) is 0 Å². The highest BCUT2D eigenvalue weighted by atomic mass is 35.5. The first-order valence-electron chi connectivity index (χ1n) is 8.31. The molecular formula is C18H16ClFN6O. The number of halogens is 2. The van der Waals surface area contributed by atoms with Crippen molar-refractivity contribution in [2.24, 2.45) is 0 Å². The summed E-state index contributed by atoms with van der Waals surface area (Å²) in [5.74, 6) is -0.567. The summed E-state index contributed by atoms with van der Waals surface area (Å²) in [5, 5.41) is 12.5. The van der Waals surface area contributed by atoms with E-state index in [1.54, 1.807) is 19.2 Å². The molecule has 0 aliphatic heterocycles. The van der Waals surface area contributed by atoms with E-state index in [-0.39, 0.29) is 23.8 Å². The summed E-state index contributed by atoms with van der Waals surface area (Å²) in [6, 6.07) is 3.07. The molecule has 3 rings (SSSR count). The molecule has 0 fully saturated rings. The second-order valence-electron chi connectivity index (χ2n) is 5.99. The number of hydrogen-bond acceptors (Lipinski definition) is 6. The summed E-state index contributed by atoms with van der Waals surface area (Å²) in [4.78, 5) is 27.5. The van der Waals surface area contributed by atoms with Crippen LogP contribution < -0.4 is 5.32 Å². The molecule has 0 aliphatic carbocycles. The van der Waals surface area contributed by atoms with Gasteiger partial charge in [0.15, 0.2) is 23.2 Å². The summed E-state index contributed by atoms with van der Waals surface area (Å²) >= 11 is 6.00. The Bertz CT molecular complexity index is 1030. The zero-order chi connectivity index (χ0) is 19.4. The number of H-pyrrole nitrogens is 1. The van der Waals surface area contributed by atoms with Crippen LogP contribution in [0.2, 0.25) is 5.02 Å². The maximum Gasteiger partial charge on any atom is 0.183 e. The molecule has 3 aromatic heterocycles. The van der Waals surface area contributed by atoms with Crippen LogP contribution in [0.25, 0.3) is 22.4 Å². The summed E-state index contributed by atoms with van der Waals surface area (Å²) in [6.07, 6.45) is 5.26. The number of carbonyl (C=O) groups is 1. The summed E-state index contributed by atoms with van der Waals surface area (Å²) < 4.78 is 14.1. The molecule has 0 aromatic carbocycles. The average Bonchev–Trinajstić information content (AvgIpc) is 3.06. The Morgan fingerprint density at radius 3 is 3.04 bits per heavy atom. The number of unbranched alkanes of at least 4 members (excludes halogenated alkanes) is 1. The summed E-state index contributed by atoms with van der Waals surface area (Å²) in [5.41, 5.74) is 1.23. The van der Waals surface area contributed by atoms with Gasteiger partial charge in [-0.15, -0.1) is 0 Å². The molecular weight excluding hydrogens is 371 g/mol. The van der Waals surface area contributed by atoms with E-state index < -0.39 is 11.9 Å². The fraction of sp³-hybridized carbons (Fsp3) is 0.278. The van der Waals surface area contributed by atoms with E-state index in [0.717, 1.165) is 6.20 Å². The van der Waals surface area contributed by atoms with E-state index in [2.05, 4.69) is 25.3 Å². The number of nitrogens with zero attached hydrogens (tertiary/aromatic N) is 4. The predicted molar refractivity (Wildman–Crippen MR) is 99.6 cm³/mol. The minimum absolute atomic E-state index is 0.0644. The lowest BCUT2D eigenvalue weighted by atomic mass is 10.1. The number of Topliss-reactive ketones (excluding diaryl/α,β-unsaturated/α-hetero) is 1. The normalized spacial score (nSPS) is 11.9. The first kappa shape index (κ1) is 18.7. The van der Waals surface area contributed by atoms with E-state index >= 15 is 0 Å². The highest BCUT2D eigenvalue weighted by Crippen LogP contribution is 2.28. The third-order valence-electron chi connectivity index (χ3n) is 4.03. The van der Waals surface area contributed by atoms with Gasteiger partial charge in [0, 0.05) is 36.2 Å². The van der Waals surface area contributed by atoms with Crippen molar-refractivity contribution >= 4 is 34.2 Å². The summed E-state index contributed by atoms with van der Waals surface area (Å²) in [7, 11) is 0. The van der Waals surface area contributed by atoms with Gasteiger partial charge in [-0.25, -0.2) is 19.3 Å². The highest BCUT2D eigenvalue weighted by molar-refractivity contribution is 6.31. The molecule has 9 heteroatoms. The van der Waals surface area contributed by atoms with Crippen molar-refractivity contribution in [2.75, 3.05) is 5.32 Å². The molecule has 0 unspecified atom stereocenters. The molecule has 0 spiro atoms. The topological polar surface area (TPSA) is 107 Å². The number of pyridine rings is 1. The Hall–Kier alpha value is -3.05. The molecule has 2 N–H and O–H groups in total. The molecule has 138 valence electrons. The first-order valence-corrected chi connectivity index (χ1v) is 8.69. The van der Waals surface area contributed by atoms with Crippen LogP contribution in [0, 0.1) is 17.1 Å². The predicted octanol–water partition coefficient (Wildman–Crippen LogP) is 3.88. The molecule has 0 amide bonds. The molecule has 0 aliphatic rings. The van der Waals surface area contributed by atoms with E-state index in [0.29, 0.717) is 34.5 Å². The minimum atomic E-state index is -0.661. The number of aromatic amines is 1. The smallest absolute Gasteiger partial charge is 0.183 e.